The van der Waals surface area contributed by atoms with Crippen molar-refractivity contribution in [1.29, 1.82) is 0 Å². The largest absolute Gasteiger partial charge is 0.389 e. The molecule has 1 aromatic heterocycles. The van der Waals surface area contributed by atoms with Crippen molar-refractivity contribution >= 4 is 33.0 Å². The number of nitrogens with two attached hydrogens (primary N) is 1. The number of rotatable bonds is 4. The topological polar surface area (TPSA) is 85.1 Å². The summed E-state index contributed by atoms with van der Waals surface area (Å²) in [6.07, 6.45) is 1.59. The van der Waals surface area contributed by atoms with E-state index in [2.05, 4.69) is 9.71 Å². The Morgan fingerprint density at radius 1 is 1.24 bits per heavy atom. The number of hydrogen-bond donors (Lipinski definition) is 2. The molecule has 0 atom stereocenters. The number of nitrogens with zero attached hydrogens (tertiary/aromatic N) is 1. The van der Waals surface area contributed by atoms with Gasteiger partial charge in [-0.1, -0.05) is 30.4 Å². The summed E-state index contributed by atoms with van der Waals surface area (Å²) < 4.78 is 27.3. The number of aryl methyl sites for hydroxylation is 2. The minimum Gasteiger partial charge on any atom is -0.389 e. The summed E-state index contributed by atoms with van der Waals surface area (Å²) in [5.74, 6) is 0.265. The van der Waals surface area contributed by atoms with Crippen molar-refractivity contribution in [1.82, 2.24) is 4.98 Å². The first kappa shape index (κ1) is 15.4. The van der Waals surface area contributed by atoms with E-state index in [-0.39, 0.29) is 15.7 Å². The monoisotopic (exact) mass is 321 g/mol. The Hall–Kier alpha value is -1.99. The molecule has 0 radical (unpaired) electrons. The summed E-state index contributed by atoms with van der Waals surface area (Å²) >= 11 is 4.88. The van der Waals surface area contributed by atoms with Crippen LogP contribution in [0.2, 0.25) is 0 Å². The van der Waals surface area contributed by atoms with E-state index in [9.17, 15) is 8.42 Å². The number of pyridine rings is 1. The van der Waals surface area contributed by atoms with Gasteiger partial charge in [-0.3, -0.25) is 4.72 Å². The Kier molecular flexibility index (Phi) is 4.24. The first-order valence-corrected chi connectivity index (χ1v) is 8.04. The van der Waals surface area contributed by atoms with E-state index >= 15 is 0 Å². The van der Waals surface area contributed by atoms with E-state index in [1.165, 1.54) is 6.07 Å². The highest BCUT2D eigenvalue weighted by atomic mass is 32.2. The van der Waals surface area contributed by atoms with Crippen LogP contribution in [0.3, 0.4) is 0 Å². The van der Waals surface area contributed by atoms with Crippen molar-refractivity contribution in [2.75, 3.05) is 4.72 Å². The molecule has 2 aromatic rings. The van der Waals surface area contributed by atoms with E-state index in [1.807, 2.05) is 6.92 Å². The van der Waals surface area contributed by atoms with E-state index in [4.69, 9.17) is 18.0 Å². The minimum absolute atomic E-state index is 0.134. The molecule has 7 heteroatoms. The van der Waals surface area contributed by atoms with E-state index in [0.717, 1.165) is 5.56 Å². The third kappa shape index (κ3) is 3.56. The zero-order valence-corrected chi connectivity index (χ0v) is 13.3. The summed E-state index contributed by atoms with van der Waals surface area (Å²) in [6, 6.07) is 8.23. The maximum absolute atomic E-state index is 12.4. The van der Waals surface area contributed by atoms with Crippen LogP contribution in [0.25, 0.3) is 0 Å². The number of thiocarbonyl (C=S) groups is 1. The molecule has 0 saturated carbocycles. The molecule has 1 aromatic carbocycles. The van der Waals surface area contributed by atoms with Crippen LogP contribution >= 0.6 is 12.2 Å². The second kappa shape index (κ2) is 5.79. The Balaban J connectivity index is 2.41. The summed E-state index contributed by atoms with van der Waals surface area (Å²) in [5.41, 5.74) is 7.61. The zero-order valence-electron chi connectivity index (χ0n) is 11.6. The molecule has 0 aliphatic carbocycles. The molecule has 0 aliphatic heterocycles. The van der Waals surface area contributed by atoms with E-state index in [1.54, 1.807) is 37.4 Å². The van der Waals surface area contributed by atoms with Gasteiger partial charge in [-0.2, -0.15) is 0 Å². The van der Waals surface area contributed by atoms with Gasteiger partial charge in [-0.15, -0.1) is 0 Å². The van der Waals surface area contributed by atoms with Crippen molar-refractivity contribution in [2.45, 2.75) is 18.7 Å². The molecular weight excluding hydrogens is 306 g/mol. The van der Waals surface area contributed by atoms with Crippen LogP contribution < -0.4 is 10.5 Å². The van der Waals surface area contributed by atoms with Gasteiger partial charge in [0, 0.05) is 11.8 Å². The molecule has 0 saturated heterocycles. The van der Waals surface area contributed by atoms with Gasteiger partial charge in [-0.25, -0.2) is 13.4 Å². The lowest BCUT2D eigenvalue weighted by Gasteiger charge is -2.11. The quantitative estimate of drug-likeness (QED) is 0.843. The minimum atomic E-state index is -3.74. The van der Waals surface area contributed by atoms with Gasteiger partial charge in [0.2, 0.25) is 0 Å². The van der Waals surface area contributed by atoms with Gasteiger partial charge < -0.3 is 5.73 Å². The molecular formula is C14H15N3O2S2. The van der Waals surface area contributed by atoms with Crippen molar-refractivity contribution in [3.05, 3.63) is 53.2 Å². The summed E-state index contributed by atoms with van der Waals surface area (Å²) in [6.45, 7) is 3.58. The number of benzene rings is 1. The number of aromatic nitrogens is 1. The van der Waals surface area contributed by atoms with Crippen LogP contribution in [-0.2, 0) is 10.0 Å². The Morgan fingerprint density at radius 2 is 1.95 bits per heavy atom. The maximum Gasteiger partial charge on any atom is 0.263 e. The fourth-order valence-corrected chi connectivity index (χ4v) is 3.17. The molecule has 0 amide bonds. The normalized spacial score (nSPS) is 11.1. The Morgan fingerprint density at radius 3 is 2.52 bits per heavy atom. The molecule has 3 N–H and O–H groups in total. The van der Waals surface area contributed by atoms with E-state index in [0.29, 0.717) is 11.1 Å². The Labute approximate surface area is 129 Å². The van der Waals surface area contributed by atoms with Gasteiger partial charge >= 0.3 is 0 Å². The molecule has 21 heavy (non-hydrogen) atoms. The Bertz CT molecular complexity index is 784. The summed E-state index contributed by atoms with van der Waals surface area (Å²) in [5, 5.41) is 0. The fraction of sp³-hybridized carbons (Fsp3) is 0.143. The predicted molar refractivity (Wildman–Crippen MR) is 86.8 cm³/mol. The van der Waals surface area contributed by atoms with Crippen molar-refractivity contribution in [3.63, 3.8) is 0 Å². The standard InChI is InChI=1S/C14H15N3O2S2/c1-9-3-6-13(16-8-9)17-21(18,19)12-7-11(14(15)20)5-4-10(12)2/h3-8H,1-2H3,(H2,15,20)(H,16,17). The van der Waals surface area contributed by atoms with Crippen LogP contribution in [-0.4, -0.2) is 18.4 Å². The highest BCUT2D eigenvalue weighted by molar-refractivity contribution is 7.92. The lowest BCUT2D eigenvalue weighted by Crippen LogP contribution is -2.17. The van der Waals surface area contributed by atoms with E-state index < -0.39 is 10.0 Å². The second-order valence-corrected chi connectivity index (χ2v) is 6.76. The molecule has 0 bridgehead atoms. The van der Waals surface area contributed by atoms with Crippen LogP contribution in [0, 0.1) is 13.8 Å². The lowest BCUT2D eigenvalue weighted by molar-refractivity contribution is 0.600. The molecule has 110 valence electrons. The first-order chi connectivity index (χ1) is 9.79. The molecule has 2 rings (SSSR count). The average molecular weight is 321 g/mol. The fourth-order valence-electron chi connectivity index (χ4n) is 1.76. The lowest BCUT2D eigenvalue weighted by atomic mass is 10.1. The third-order valence-electron chi connectivity index (χ3n) is 2.91. The van der Waals surface area contributed by atoms with Crippen LogP contribution in [0.1, 0.15) is 16.7 Å². The molecule has 0 unspecified atom stereocenters. The maximum atomic E-state index is 12.4. The smallest absolute Gasteiger partial charge is 0.263 e. The zero-order chi connectivity index (χ0) is 15.6. The van der Waals surface area contributed by atoms with Gasteiger partial charge in [0.05, 0.1) is 4.90 Å². The van der Waals surface area contributed by atoms with Crippen molar-refractivity contribution in [2.24, 2.45) is 5.73 Å². The molecule has 0 spiro atoms. The summed E-state index contributed by atoms with van der Waals surface area (Å²) in [7, 11) is -3.74. The molecule has 5 nitrogen and oxygen atoms in total. The van der Waals surface area contributed by atoms with Gasteiger partial charge in [0.25, 0.3) is 10.0 Å². The number of anilines is 1. The number of hydrogen-bond acceptors (Lipinski definition) is 4. The average Bonchev–Trinajstić information content (AvgIpc) is 2.41. The molecule has 0 fully saturated rings. The van der Waals surface area contributed by atoms with Crippen LogP contribution in [0.5, 0.6) is 0 Å². The second-order valence-electron chi connectivity index (χ2n) is 4.67. The third-order valence-corrected chi connectivity index (χ3v) is 4.64. The first-order valence-electron chi connectivity index (χ1n) is 6.15. The molecule has 0 aliphatic rings. The van der Waals surface area contributed by atoms with Crippen LogP contribution in [0.15, 0.2) is 41.4 Å². The number of sulfonamides is 1. The number of nitrogens with one attached hydrogen (secondary N) is 1. The van der Waals surface area contributed by atoms with Crippen molar-refractivity contribution in [3.8, 4) is 0 Å². The van der Waals surface area contributed by atoms with Crippen LogP contribution in [0.4, 0.5) is 5.82 Å². The van der Waals surface area contributed by atoms with Gasteiger partial charge in [0.1, 0.15) is 10.8 Å². The summed E-state index contributed by atoms with van der Waals surface area (Å²) in [4.78, 5) is 4.32. The highest BCUT2D eigenvalue weighted by Gasteiger charge is 2.18. The SMILES string of the molecule is Cc1ccc(NS(=O)(=O)c2cc(C(N)=S)ccc2C)nc1. The van der Waals surface area contributed by atoms with Gasteiger partial charge in [-0.05, 0) is 37.1 Å². The predicted octanol–water partition coefficient (Wildman–Crippen LogP) is 2.13. The molecule has 1 heterocycles. The van der Waals surface area contributed by atoms with Crippen molar-refractivity contribution < 1.29 is 8.42 Å². The van der Waals surface area contributed by atoms with Gasteiger partial charge in [0.15, 0.2) is 0 Å². The highest BCUT2D eigenvalue weighted by Crippen LogP contribution is 2.20.